The molecule has 9 heteroatoms. The van der Waals surface area contributed by atoms with E-state index in [0.29, 0.717) is 32.9 Å². The summed E-state index contributed by atoms with van der Waals surface area (Å²) in [5, 5.41) is 3.14. The second-order valence-corrected chi connectivity index (χ2v) is 8.57. The zero-order valence-corrected chi connectivity index (χ0v) is 18.0. The Morgan fingerprint density at radius 2 is 2.25 bits per heavy atom. The number of ether oxygens (including phenoxy) is 1. The molecular formula is C15H18BrClIN3O3. The van der Waals surface area contributed by atoms with Gasteiger partial charge in [0, 0.05) is 13.0 Å². The van der Waals surface area contributed by atoms with Crippen LogP contribution in [-0.4, -0.2) is 29.3 Å². The summed E-state index contributed by atoms with van der Waals surface area (Å²) >= 11 is 11.6. The average Bonchev–Trinajstić information content (AvgIpc) is 2.74. The minimum absolute atomic E-state index is 0.244. The normalized spacial score (nSPS) is 13.1. The number of carbonyl (C=O) groups is 1. The van der Waals surface area contributed by atoms with E-state index < -0.39 is 11.7 Å². The molecule has 0 radical (unpaired) electrons. The highest BCUT2D eigenvalue weighted by atomic mass is 127. The van der Waals surface area contributed by atoms with Crippen molar-refractivity contribution in [3.05, 3.63) is 25.0 Å². The molecule has 0 fully saturated rings. The van der Waals surface area contributed by atoms with Crippen molar-refractivity contribution in [3.63, 3.8) is 0 Å². The molecule has 24 heavy (non-hydrogen) atoms. The van der Waals surface area contributed by atoms with E-state index in [4.69, 9.17) is 26.5 Å². The number of furan rings is 1. The highest BCUT2D eigenvalue weighted by Gasteiger charge is 2.23. The first-order valence-electron chi connectivity index (χ1n) is 7.23. The number of amides is 1. The van der Waals surface area contributed by atoms with Crippen LogP contribution in [0.1, 0.15) is 26.5 Å². The van der Waals surface area contributed by atoms with Gasteiger partial charge in [-0.05, 0) is 65.4 Å². The van der Waals surface area contributed by atoms with Crippen LogP contribution in [0.25, 0.3) is 11.1 Å². The third-order valence-corrected chi connectivity index (χ3v) is 4.82. The topological polar surface area (TPSA) is 90.4 Å². The molecule has 0 aliphatic rings. The van der Waals surface area contributed by atoms with Crippen LogP contribution < -0.4 is 11.1 Å². The van der Waals surface area contributed by atoms with Crippen LogP contribution in [0, 0.1) is 3.57 Å². The summed E-state index contributed by atoms with van der Waals surface area (Å²) in [6.45, 7) is 5.65. The van der Waals surface area contributed by atoms with E-state index >= 15 is 0 Å². The largest absolute Gasteiger partial charge is 0.457 e. The minimum Gasteiger partial charge on any atom is -0.457 e. The Hall–Kier alpha value is -0.580. The molecule has 0 aliphatic carbocycles. The van der Waals surface area contributed by atoms with Crippen molar-refractivity contribution < 1.29 is 13.9 Å². The number of nitrogens with zero attached hydrogens (tertiary/aromatic N) is 1. The monoisotopic (exact) mass is 529 g/mol. The Morgan fingerprint density at radius 1 is 1.58 bits per heavy atom. The van der Waals surface area contributed by atoms with Crippen molar-refractivity contribution in [3.8, 4) is 0 Å². The lowest BCUT2D eigenvalue weighted by Crippen LogP contribution is -2.44. The van der Waals surface area contributed by atoms with Gasteiger partial charge < -0.3 is 20.2 Å². The number of hydrogen-bond donors (Lipinski definition) is 2. The number of fused-ring (bicyclic) bond motifs is 1. The fraction of sp³-hybridized carbons (Fsp3) is 0.467. The van der Waals surface area contributed by atoms with Crippen molar-refractivity contribution in [2.45, 2.75) is 38.8 Å². The number of rotatable bonds is 4. The minimum atomic E-state index is -0.569. The Kier molecular flexibility index (Phi) is 6.38. The maximum atomic E-state index is 11.9. The summed E-state index contributed by atoms with van der Waals surface area (Å²) in [4.78, 5) is 16.2. The Bertz CT molecular complexity index is 760. The second-order valence-electron chi connectivity index (χ2n) is 6.23. The quantitative estimate of drug-likeness (QED) is 0.456. The fourth-order valence-corrected chi connectivity index (χ4v) is 3.59. The Morgan fingerprint density at radius 3 is 2.83 bits per heavy atom. The predicted octanol–water partition coefficient (Wildman–Crippen LogP) is 4.24. The maximum Gasteiger partial charge on any atom is 0.407 e. The van der Waals surface area contributed by atoms with E-state index in [9.17, 15) is 4.79 Å². The van der Waals surface area contributed by atoms with Gasteiger partial charge in [0.15, 0.2) is 5.58 Å². The SMILES string of the molecule is CC(C)(C)OC(=O)N[C@@H](CN)Cc1oc2c(I)cc(Cl)nc2c1Br. The first kappa shape index (κ1) is 19.7. The van der Waals surface area contributed by atoms with Crippen molar-refractivity contribution in [1.82, 2.24) is 10.3 Å². The van der Waals surface area contributed by atoms with Gasteiger partial charge in [0.1, 0.15) is 22.0 Å². The van der Waals surface area contributed by atoms with Gasteiger partial charge in [0.25, 0.3) is 0 Å². The van der Waals surface area contributed by atoms with E-state index in [1.165, 1.54) is 0 Å². The smallest absolute Gasteiger partial charge is 0.407 e. The van der Waals surface area contributed by atoms with E-state index in [1.807, 2.05) is 0 Å². The summed E-state index contributed by atoms with van der Waals surface area (Å²) in [5.74, 6) is 0.643. The third kappa shape index (κ3) is 4.96. The molecule has 3 N–H and O–H groups in total. The summed E-state index contributed by atoms with van der Waals surface area (Å²) in [5.41, 5.74) is 6.49. The number of aromatic nitrogens is 1. The number of alkyl carbamates (subject to hydrolysis) is 1. The summed E-state index contributed by atoms with van der Waals surface area (Å²) in [7, 11) is 0. The van der Waals surface area contributed by atoms with Crippen LogP contribution in [0.5, 0.6) is 0 Å². The molecule has 1 atom stereocenters. The van der Waals surface area contributed by atoms with Gasteiger partial charge >= 0.3 is 6.09 Å². The number of nitrogens with two attached hydrogens (primary N) is 1. The molecule has 2 rings (SSSR count). The van der Waals surface area contributed by atoms with Crippen molar-refractivity contribution in [1.29, 1.82) is 0 Å². The molecule has 2 heterocycles. The van der Waals surface area contributed by atoms with Crippen LogP contribution in [0.4, 0.5) is 4.79 Å². The number of nitrogens with one attached hydrogen (secondary N) is 1. The third-order valence-electron chi connectivity index (χ3n) is 3.01. The number of pyridine rings is 1. The van der Waals surface area contributed by atoms with E-state index in [-0.39, 0.29) is 12.6 Å². The number of hydrogen-bond acceptors (Lipinski definition) is 5. The second kappa shape index (κ2) is 7.76. The van der Waals surface area contributed by atoms with E-state index in [2.05, 4.69) is 48.8 Å². The van der Waals surface area contributed by atoms with Gasteiger partial charge in [-0.2, -0.15) is 0 Å². The zero-order chi connectivity index (χ0) is 18.1. The lowest BCUT2D eigenvalue weighted by Gasteiger charge is -2.22. The molecule has 2 aromatic rings. The summed E-state index contributed by atoms with van der Waals surface area (Å²) in [6, 6.07) is 1.40. The van der Waals surface area contributed by atoms with Gasteiger partial charge in [-0.15, -0.1) is 0 Å². The average molecular weight is 531 g/mol. The molecule has 0 saturated heterocycles. The van der Waals surface area contributed by atoms with Crippen LogP contribution in [0.2, 0.25) is 5.15 Å². The van der Waals surface area contributed by atoms with Gasteiger partial charge in [-0.3, -0.25) is 0 Å². The first-order chi connectivity index (χ1) is 11.1. The van der Waals surface area contributed by atoms with Crippen molar-refractivity contribution in [2.24, 2.45) is 5.73 Å². The first-order valence-corrected chi connectivity index (χ1v) is 9.48. The molecule has 1 amide bonds. The highest BCUT2D eigenvalue weighted by Crippen LogP contribution is 2.34. The fourth-order valence-electron chi connectivity index (χ4n) is 2.04. The molecule has 2 aromatic heterocycles. The molecule has 0 spiro atoms. The van der Waals surface area contributed by atoms with Gasteiger partial charge in [-0.1, -0.05) is 11.6 Å². The number of halogens is 3. The van der Waals surface area contributed by atoms with Crippen molar-refractivity contribution in [2.75, 3.05) is 6.54 Å². The molecule has 0 aromatic carbocycles. The lowest BCUT2D eigenvalue weighted by molar-refractivity contribution is 0.0505. The molecule has 0 saturated carbocycles. The van der Waals surface area contributed by atoms with Crippen molar-refractivity contribution >= 4 is 67.3 Å². The van der Waals surface area contributed by atoms with E-state index in [0.717, 1.165) is 3.57 Å². The van der Waals surface area contributed by atoms with E-state index in [1.54, 1.807) is 26.8 Å². The van der Waals surface area contributed by atoms with Crippen LogP contribution in [-0.2, 0) is 11.2 Å². The Labute approximate surface area is 167 Å². The molecule has 0 bridgehead atoms. The predicted molar refractivity (Wildman–Crippen MR) is 105 cm³/mol. The summed E-state index contributed by atoms with van der Waals surface area (Å²) in [6.07, 6.45) is -0.110. The Balaban J connectivity index is 2.19. The molecule has 0 aliphatic heterocycles. The van der Waals surface area contributed by atoms with Crippen LogP contribution >= 0.6 is 50.1 Å². The molecule has 6 nitrogen and oxygen atoms in total. The standard InChI is InChI=1S/C15H18BrClIN3O3/c1-15(2,3)24-14(22)20-7(6-19)4-9-11(16)12-13(23-9)8(18)5-10(17)21-12/h5,7H,4,6,19H2,1-3H3,(H,20,22)/t7-/m1/s1. The summed E-state index contributed by atoms with van der Waals surface area (Å²) < 4.78 is 12.7. The lowest BCUT2D eigenvalue weighted by atomic mass is 10.1. The molecular weight excluding hydrogens is 512 g/mol. The van der Waals surface area contributed by atoms with Crippen LogP contribution in [0.3, 0.4) is 0 Å². The highest BCUT2D eigenvalue weighted by molar-refractivity contribution is 14.1. The zero-order valence-electron chi connectivity index (χ0n) is 13.5. The number of carbonyl (C=O) groups excluding carboxylic acids is 1. The van der Waals surface area contributed by atoms with Gasteiger partial charge in [-0.25, -0.2) is 9.78 Å². The maximum absolute atomic E-state index is 11.9. The van der Waals surface area contributed by atoms with Gasteiger partial charge in [0.2, 0.25) is 0 Å². The van der Waals surface area contributed by atoms with Gasteiger partial charge in [0.05, 0.1) is 14.1 Å². The van der Waals surface area contributed by atoms with Crippen LogP contribution in [0.15, 0.2) is 15.0 Å². The molecule has 0 unspecified atom stereocenters. The molecule has 132 valence electrons.